The minimum absolute atomic E-state index is 0.167. The molecule has 0 aromatic heterocycles. The molecule has 3 amide bonds. The summed E-state index contributed by atoms with van der Waals surface area (Å²) in [6, 6.07) is 11.3. The molecular weight excluding hydrogens is 382 g/mol. The normalized spacial score (nSPS) is 20.1. The summed E-state index contributed by atoms with van der Waals surface area (Å²) in [5, 5.41) is 12.0. The second-order valence-electron chi connectivity index (χ2n) is 7.65. The molecule has 0 spiro atoms. The Morgan fingerprint density at radius 3 is 2.33 bits per heavy atom. The van der Waals surface area contributed by atoms with E-state index >= 15 is 0 Å². The Morgan fingerprint density at radius 2 is 1.70 bits per heavy atom. The average Bonchev–Trinajstić information content (AvgIpc) is 3.21. The Morgan fingerprint density at radius 1 is 1.03 bits per heavy atom. The van der Waals surface area contributed by atoms with E-state index in [2.05, 4.69) is 22.6 Å². The number of aryl methyl sites for hydroxylation is 3. The Labute approximate surface area is 174 Å². The smallest absolute Gasteiger partial charge is 0.263 e. The zero-order valence-electron chi connectivity index (χ0n) is 17.1. The van der Waals surface area contributed by atoms with Crippen molar-refractivity contribution in [2.45, 2.75) is 39.3 Å². The largest absolute Gasteiger partial charge is 0.324 e. The van der Waals surface area contributed by atoms with Crippen molar-refractivity contribution in [1.82, 2.24) is 5.01 Å². The topological polar surface area (TPSA) is 94.4 Å². The minimum Gasteiger partial charge on any atom is -0.324 e. The van der Waals surface area contributed by atoms with Gasteiger partial charge in [-0.25, -0.2) is 4.90 Å². The van der Waals surface area contributed by atoms with Gasteiger partial charge in [0.05, 0.1) is 5.69 Å². The molecule has 0 saturated carbocycles. The highest BCUT2D eigenvalue weighted by molar-refractivity contribution is 6.25. The second kappa shape index (κ2) is 7.70. The number of nitrogens with one attached hydrogen (secondary N) is 1. The molecule has 2 aliphatic rings. The summed E-state index contributed by atoms with van der Waals surface area (Å²) in [6.07, 6.45) is 0.915. The number of imide groups is 1. The molecule has 0 unspecified atom stereocenters. The SMILES string of the molecule is CCc1ccc(NC(=O)CN2N=N[C@H]3C(=O)N(c4cc(C)cc(C)c4)C(=O)[C@H]32)cc1. The highest BCUT2D eigenvalue weighted by Crippen LogP contribution is 2.32. The molecular formula is C22H23N5O3. The maximum atomic E-state index is 13.1. The molecule has 2 aromatic rings. The highest BCUT2D eigenvalue weighted by atomic mass is 16.2. The predicted octanol–water partition coefficient (Wildman–Crippen LogP) is 2.80. The number of anilines is 2. The van der Waals surface area contributed by atoms with Crippen LogP contribution >= 0.6 is 0 Å². The summed E-state index contributed by atoms with van der Waals surface area (Å²) in [6.45, 7) is 5.71. The lowest BCUT2D eigenvalue weighted by molar-refractivity contribution is -0.123. The molecule has 30 heavy (non-hydrogen) atoms. The van der Waals surface area contributed by atoms with Crippen LogP contribution < -0.4 is 10.2 Å². The first-order chi connectivity index (χ1) is 14.4. The van der Waals surface area contributed by atoms with E-state index in [1.54, 1.807) is 12.1 Å². The van der Waals surface area contributed by atoms with E-state index in [1.165, 1.54) is 10.6 Å². The van der Waals surface area contributed by atoms with E-state index in [4.69, 9.17) is 0 Å². The summed E-state index contributed by atoms with van der Waals surface area (Å²) < 4.78 is 0. The molecule has 2 atom stereocenters. The van der Waals surface area contributed by atoms with Crippen molar-refractivity contribution >= 4 is 29.1 Å². The molecule has 2 aromatic carbocycles. The van der Waals surface area contributed by atoms with Crippen molar-refractivity contribution < 1.29 is 14.4 Å². The third-order valence-electron chi connectivity index (χ3n) is 5.27. The van der Waals surface area contributed by atoms with E-state index in [-0.39, 0.29) is 12.5 Å². The van der Waals surface area contributed by atoms with Crippen molar-refractivity contribution in [3.8, 4) is 0 Å². The quantitative estimate of drug-likeness (QED) is 0.774. The van der Waals surface area contributed by atoms with Gasteiger partial charge in [-0.3, -0.25) is 19.4 Å². The van der Waals surface area contributed by atoms with Crippen LogP contribution in [0.5, 0.6) is 0 Å². The van der Waals surface area contributed by atoms with E-state index in [0.29, 0.717) is 11.4 Å². The third kappa shape index (κ3) is 3.56. The van der Waals surface area contributed by atoms with Crippen LogP contribution in [0.2, 0.25) is 0 Å². The van der Waals surface area contributed by atoms with Gasteiger partial charge in [0.25, 0.3) is 11.8 Å². The molecule has 1 fully saturated rings. The van der Waals surface area contributed by atoms with Gasteiger partial charge >= 0.3 is 0 Å². The average molecular weight is 405 g/mol. The molecule has 4 rings (SSSR count). The van der Waals surface area contributed by atoms with E-state index < -0.39 is 23.9 Å². The predicted molar refractivity (Wildman–Crippen MR) is 112 cm³/mol. The molecule has 0 aliphatic carbocycles. The van der Waals surface area contributed by atoms with Crippen LogP contribution in [0.25, 0.3) is 0 Å². The number of carbonyl (C=O) groups is 3. The van der Waals surface area contributed by atoms with Crippen molar-refractivity contribution in [1.29, 1.82) is 0 Å². The fraction of sp³-hybridized carbons (Fsp3) is 0.318. The molecule has 0 bridgehead atoms. The first-order valence-electron chi connectivity index (χ1n) is 9.89. The zero-order valence-corrected chi connectivity index (χ0v) is 17.1. The molecule has 0 radical (unpaired) electrons. The van der Waals surface area contributed by atoms with Gasteiger partial charge in [0.1, 0.15) is 6.54 Å². The van der Waals surface area contributed by atoms with Gasteiger partial charge in [0, 0.05) is 5.69 Å². The van der Waals surface area contributed by atoms with E-state index in [9.17, 15) is 14.4 Å². The molecule has 8 nitrogen and oxygen atoms in total. The van der Waals surface area contributed by atoms with Gasteiger partial charge in [0.2, 0.25) is 5.91 Å². The number of hydrogen-bond donors (Lipinski definition) is 1. The van der Waals surface area contributed by atoms with Crippen molar-refractivity contribution in [2.75, 3.05) is 16.8 Å². The van der Waals surface area contributed by atoms with Crippen LogP contribution in [0, 0.1) is 13.8 Å². The molecule has 2 aliphatic heterocycles. The lowest BCUT2D eigenvalue weighted by Crippen LogP contribution is -2.43. The summed E-state index contributed by atoms with van der Waals surface area (Å²) in [7, 11) is 0. The van der Waals surface area contributed by atoms with Gasteiger partial charge in [-0.2, -0.15) is 5.11 Å². The number of hydrogen-bond acceptors (Lipinski definition) is 6. The summed E-state index contributed by atoms with van der Waals surface area (Å²) in [5.41, 5.74) is 4.26. The third-order valence-corrected chi connectivity index (χ3v) is 5.27. The maximum absolute atomic E-state index is 13.1. The van der Waals surface area contributed by atoms with Gasteiger partial charge in [-0.05, 0) is 61.2 Å². The summed E-state index contributed by atoms with van der Waals surface area (Å²) in [4.78, 5) is 39.5. The molecule has 154 valence electrons. The van der Waals surface area contributed by atoms with Crippen LogP contribution in [0.15, 0.2) is 52.8 Å². The van der Waals surface area contributed by atoms with E-state index in [0.717, 1.165) is 22.4 Å². The molecule has 2 heterocycles. The van der Waals surface area contributed by atoms with Crippen molar-refractivity contribution in [3.63, 3.8) is 0 Å². The fourth-order valence-corrected chi connectivity index (χ4v) is 3.86. The Balaban J connectivity index is 1.48. The lowest BCUT2D eigenvalue weighted by atomic mass is 10.1. The Hall–Kier alpha value is -3.55. The Bertz CT molecular complexity index is 1030. The number of rotatable bonds is 5. The maximum Gasteiger partial charge on any atom is 0.263 e. The van der Waals surface area contributed by atoms with Gasteiger partial charge in [-0.1, -0.05) is 30.3 Å². The number of carbonyl (C=O) groups excluding carboxylic acids is 3. The summed E-state index contributed by atoms with van der Waals surface area (Å²) in [5.74, 6) is -1.17. The van der Waals surface area contributed by atoms with Crippen LogP contribution in [-0.4, -0.2) is 41.4 Å². The second-order valence-corrected chi connectivity index (χ2v) is 7.65. The van der Waals surface area contributed by atoms with Crippen LogP contribution in [0.3, 0.4) is 0 Å². The van der Waals surface area contributed by atoms with Gasteiger partial charge in [-0.15, -0.1) is 0 Å². The first kappa shape index (κ1) is 19.8. The molecule has 8 heteroatoms. The van der Waals surface area contributed by atoms with Crippen LogP contribution in [0.1, 0.15) is 23.6 Å². The van der Waals surface area contributed by atoms with Gasteiger partial charge < -0.3 is 5.32 Å². The monoisotopic (exact) mass is 405 g/mol. The molecule has 1 N–H and O–H groups in total. The summed E-state index contributed by atoms with van der Waals surface area (Å²) >= 11 is 0. The molecule has 1 saturated heterocycles. The Kier molecular flexibility index (Phi) is 5.07. The number of amides is 3. The number of benzene rings is 2. The standard InChI is InChI=1S/C22H23N5O3/c1-4-15-5-7-16(8-6-15)23-18(28)12-26-20-19(24-25-26)21(29)27(22(20)30)17-10-13(2)9-14(3)11-17/h5-11,19-20H,4,12H2,1-3H3,(H,23,28)/t19-,20+/m1/s1. The number of nitrogens with zero attached hydrogens (tertiary/aromatic N) is 4. The number of fused-ring (bicyclic) bond motifs is 1. The lowest BCUT2D eigenvalue weighted by Gasteiger charge is -2.20. The van der Waals surface area contributed by atoms with Crippen LogP contribution in [-0.2, 0) is 20.8 Å². The van der Waals surface area contributed by atoms with Crippen molar-refractivity contribution in [2.24, 2.45) is 10.3 Å². The first-order valence-corrected chi connectivity index (χ1v) is 9.89. The van der Waals surface area contributed by atoms with Crippen LogP contribution in [0.4, 0.5) is 11.4 Å². The zero-order chi connectivity index (χ0) is 21.4. The highest BCUT2D eigenvalue weighted by Gasteiger charge is 2.55. The van der Waals surface area contributed by atoms with E-state index in [1.807, 2.05) is 44.2 Å². The fourth-order valence-electron chi connectivity index (χ4n) is 3.86. The van der Waals surface area contributed by atoms with Gasteiger partial charge in [0.15, 0.2) is 12.1 Å². The minimum atomic E-state index is -0.921. The van der Waals surface area contributed by atoms with Crippen molar-refractivity contribution in [3.05, 3.63) is 59.2 Å².